The van der Waals surface area contributed by atoms with Crippen LogP contribution in [0.4, 0.5) is 11.4 Å². The first-order valence-electron chi connectivity index (χ1n) is 7.03. The number of carboxylic acids is 1. The highest BCUT2D eigenvalue weighted by atomic mass is 16.4. The van der Waals surface area contributed by atoms with E-state index in [0.717, 1.165) is 25.1 Å². The van der Waals surface area contributed by atoms with Gasteiger partial charge in [0, 0.05) is 24.0 Å². The van der Waals surface area contributed by atoms with Crippen molar-refractivity contribution in [1.29, 1.82) is 0 Å². The number of hydrogen-bond donors (Lipinski definition) is 2. The van der Waals surface area contributed by atoms with Crippen LogP contribution in [-0.4, -0.2) is 23.7 Å². The van der Waals surface area contributed by atoms with Crippen molar-refractivity contribution in [3.05, 3.63) is 23.8 Å². The molecule has 0 aromatic heterocycles. The topological polar surface area (TPSA) is 66.6 Å². The van der Waals surface area contributed by atoms with Crippen LogP contribution < -0.4 is 10.6 Å². The molecule has 104 valence electrons. The molecule has 1 unspecified atom stereocenters. The predicted molar refractivity (Wildman–Crippen MR) is 77.7 cm³/mol. The van der Waals surface area contributed by atoms with Crippen molar-refractivity contribution in [3.63, 3.8) is 0 Å². The first kappa shape index (κ1) is 13.7. The minimum Gasteiger partial charge on any atom is -0.478 e. The molecule has 0 saturated carbocycles. The molecule has 1 saturated heterocycles. The van der Waals surface area contributed by atoms with E-state index in [0.29, 0.717) is 11.7 Å². The highest BCUT2D eigenvalue weighted by Gasteiger charge is 2.23. The van der Waals surface area contributed by atoms with Gasteiger partial charge in [0.2, 0.25) is 0 Å². The number of nitrogens with zero attached hydrogens (tertiary/aromatic N) is 1. The minimum absolute atomic E-state index is 0.207. The average molecular weight is 262 g/mol. The van der Waals surface area contributed by atoms with Crippen molar-refractivity contribution < 1.29 is 9.90 Å². The van der Waals surface area contributed by atoms with Crippen LogP contribution in [0.5, 0.6) is 0 Å². The van der Waals surface area contributed by atoms with Gasteiger partial charge in [-0.1, -0.05) is 13.3 Å². The number of rotatable bonds is 4. The molecular weight excluding hydrogens is 240 g/mol. The lowest BCUT2D eigenvalue weighted by atomic mass is 9.97. The molecule has 0 radical (unpaired) electrons. The van der Waals surface area contributed by atoms with Gasteiger partial charge in [0.15, 0.2) is 0 Å². The second-order valence-corrected chi connectivity index (χ2v) is 5.21. The molecular formula is C15H22N2O2. The van der Waals surface area contributed by atoms with E-state index in [9.17, 15) is 4.79 Å². The Morgan fingerprint density at radius 3 is 2.95 bits per heavy atom. The van der Waals surface area contributed by atoms with Crippen LogP contribution in [0.3, 0.4) is 0 Å². The summed E-state index contributed by atoms with van der Waals surface area (Å²) in [6, 6.07) is 5.89. The number of benzene rings is 1. The van der Waals surface area contributed by atoms with Crippen LogP contribution in [0.2, 0.25) is 0 Å². The van der Waals surface area contributed by atoms with E-state index in [1.165, 1.54) is 19.3 Å². The fraction of sp³-hybridized carbons (Fsp3) is 0.533. The first-order chi connectivity index (χ1) is 9.13. The maximum atomic E-state index is 11.2. The van der Waals surface area contributed by atoms with Gasteiger partial charge in [0.25, 0.3) is 0 Å². The standard InChI is InChI=1S/C15H22N2O2/c1-2-5-11-6-3-4-9-17(11)12-7-8-14(16)13(10-12)15(18)19/h7-8,10-11H,2-6,9,16H2,1H3,(H,18,19). The maximum Gasteiger partial charge on any atom is 0.337 e. The smallest absolute Gasteiger partial charge is 0.337 e. The number of hydrogen-bond acceptors (Lipinski definition) is 3. The van der Waals surface area contributed by atoms with E-state index in [1.54, 1.807) is 12.1 Å². The number of aromatic carboxylic acids is 1. The normalized spacial score (nSPS) is 19.4. The Balaban J connectivity index is 2.28. The molecule has 4 nitrogen and oxygen atoms in total. The Morgan fingerprint density at radius 2 is 2.26 bits per heavy atom. The first-order valence-corrected chi connectivity index (χ1v) is 7.03. The van der Waals surface area contributed by atoms with Gasteiger partial charge in [0.05, 0.1) is 5.56 Å². The van der Waals surface area contributed by atoms with Crippen LogP contribution in [0.1, 0.15) is 49.4 Å². The van der Waals surface area contributed by atoms with E-state index in [2.05, 4.69) is 11.8 Å². The van der Waals surface area contributed by atoms with Gasteiger partial charge >= 0.3 is 5.97 Å². The lowest BCUT2D eigenvalue weighted by Crippen LogP contribution is -2.39. The molecule has 1 heterocycles. The summed E-state index contributed by atoms with van der Waals surface area (Å²) in [6.07, 6.45) is 5.95. The highest BCUT2D eigenvalue weighted by molar-refractivity contribution is 5.94. The number of nitrogen functional groups attached to an aromatic ring is 1. The zero-order valence-corrected chi connectivity index (χ0v) is 11.4. The molecule has 2 rings (SSSR count). The number of nitrogens with two attached hydrogens (primary N) is 1. The minimum atomic E-state index is -0.955. The molecule has 0 amide bonds. The number of piperidine rings is 1. The third-order valence-electron chi connectivity index (χ3n) is 3.85. The molecule has 1 aliphatic rings. The van der Waals surface area contributed by atoms with Crippen LogP contribution >= 0.6 is 0 Å². The number of anilines is 2. The number of carbonyl (C=O) groups is 1. The summed E-state index contributed by atoms with van der Waals surface area (Å²) >= 11 is 0. The summed E-state index contributed by atoms with van der Waals surface area (Å²) in [4.78, 5) is 13.5. The predicted octanol–water partition coefficient (Wildman–Crippen LogP) is 3.13. The summed E-state index contributed by atoms with van der Waals surface area (Å²) in [7, 11) is 0. The Kier molecular flexibility index (Phi) is 4.30. The van der Waals surface area contributed by atoms with Crippen molar-refractivity contribution in [2.24, 2.45) is 0 Å². The van der Waals surface area contributed by atoms with E-state index in [1.807, 2.05) is 6.07 Å². The van der Waals surface area contributed by atoms with Crippen LogP contribution in [0.15, 0.2) is 18.2 Å². The van der Waals surface area contributed by atoms with Crippen molar-refractivity contribution in [3.8, 4) is 0 Å². The van der Waals surface area contributed by atoms with E-state index in [-0.39, 0.29) is 5.56 Å². The van der Waals surface area contributed by atoms with Gasteiger partial charge in [0.1, 0.15) is 0 Å². The zero-order valence-electron chi connectivity index (χ0n) is 11.4. The molecule has 1 aromatic rings. The van der Waals surface area contributed by atoms with Gasteiger partial charge < -0.3 is 15.7 Å². The summed E-state index contributed by atoms with van der Waals surface area (Å²) in [5.74, 6) is -0.955. The molecule has 0 aliphatic carbocycles. The molecule has 19 heavy (non-hydrogen) atoms. The molecule has 1 atom stereocenters. The largest absolute Gasteiger partial charge is 0.478 e. The summed E-state index contributed by atoms with van der Waals surface area (Å²) < 4.78 is 0. The van der Waals surface area contributed by atoms with E-state index in [4.69, 9.17) is 10.8 Å². The molecule has 0 spiro atoms. The Labute approximate surface area is 114 Å². The Hall–Kier alpha value is -1.71. The Bertz CT molecular complexity index is 457. The van der Waals surface area contributed by atoms with Gasteiger partial charge in [-0.2, -0.15) is 0 Å². The van der Waals surface area contributed by atoms with Crippen LogP contribution in [-0.2, 0) is 0 Å². The van der Waals surface area contributed by atoms with Crippen molar-refractivity contribution in [2.45, 2.75) is 45.1 Å². The van der Waals surface area contributed by atoms with Crippen molar-refractivity contribution in [2.75, 3.05) is 17.2 Å². The third-order valence-corrected chi connectivity index (χ3v) is 3.85. The Morgan fingerprint density at radius 1 is 1.47 bits per heavy atom. The fourth-order valence-corrected chi connectivity index (χ4v) is 2.88. The van der Waals surface area contributed by atoms with Crippen LogP contribution in [0.25, 0.3) is 0 Å². The second-order valence-electron chi connectivity index (χ2n) is 5.21. The van der Waals surface area contributed by atoms with Gasteiger partial charge in [-0.15, -0.1) is 0 Å². The second kappa shape index (κ2) is 5.95. The fourth-order valence-electron chi connectivity index (χ4n) is 2.88. The lowest BCUT2D eigenvalue weighted by molar-refractivity contribution is 0.0698. The molecule has 4 heteroatoms. The maximum absolute atomic E-state index is 11.2. The van der Waals surface area contributed by atoms with E-state index >= 15 is 0 Å². The van der Waals surface area contributed by atoms with Gasteiger partial charge in [-0.3, -0.25) is 0 Å². The SMILES string of the molecule is CCCC1CCCCN1c1ccc(N)c(C(=O)O)c1. The third kappa shape index (κ3) is 3.00. The summed E-state index contributed by atoms with van der Waals surface area (Å²) in [6.45, 7) is 3.20. The van der Waals surface area contributed by atoms with E-state index < -0.39 is 5.97 Å². The van der Waals surface area contributed by atoms with Crippen LogP contribution in [0, 0.1) is 0 Å². The summed E-state index contributed by atoms with van der Waals surface area (Å²) in [5.41, 5.74) is 7.24. The van der Waals surface area contributed by atoms with Gasteiger partial charge in [-0.05, 0) is 43.9 Å². The quantitative estimate of drug-likeness (QED) is 0.818. The van der Waals surface area contributed by atoms with Crippen molar-refractivity contribution >= 4 is 17.3 Å². The van der Waals surface area contributed by atoms with Crippen molar-refractivity contribution in [1.82, 2.24) is 0 Å². The summed E-state index contributed by atoms with van der Waals surface area (Å²) in [5, 5.41) is 9.16. The highest BCUT2D eigenvalue weighted by Crippen LogP contribution is 2.29. The monoisotopic (exact) mass is 262 g/mol. The molecule has 0 bridgehead atoms. The molecule has 1 aromatic carbocycles. The number of carboxylic acid groups (broad SMARTS) is 1. The zero-order chi connectivity index (χ0) is 13.8. The average Bonchev–Trinajstić information content (AvgIpc) is 2.40. The molecule has 1 fully saturated rings. The van der Waals surface area contributed by atoms with Gasteiger partial charge in [-0.25, -0.2) is 4.79 Å². The molecule has 3 N–H and O–H groups in total. The molecule has 1 aliphatic heterocycles. The lowest BCUT2D eigenvalue weighted by Gasteiger charge is -2.38.